The van der Waals surface area contributed by atoms with Gasteiger partial charge >= 0.3 is 0 Å². The van der Waals surface area contributed by atoms with E-state index in [1.165, 1.54) is 22.2 Å². The van der Waals surface area contributed by atoms with Gasteiger partial charge in [0.1, 0.15) is 11.5 Å². The molecule has 150 valence electrons. The minimum absolute atomic E-state index is 0.0101. The maximum Gasteiger partial charge on any atom is 0.135 e. The molecule has 1 fully saturated rings. The summed E-state index contributed by atoms with van der Waals surface area (Å²) in [5.74, 6) is 1.45. The molecule has 3 aromatic rings. The van der Waals surface area contributed by atoms with Gasteiger partial charge in [-0.1, -0.05) is 44.2 Å². The van der Waals surface area contributed by atoms with Gasteiger partial charge in [0.05, 0.1) is 12.6 Å². The van der Waals surface area contributed by atoms with Crippen LogP contribution in [0.5, 0.6) is 5.75 Å². The average molecular weight is 389 g/mol. The molecule has 1 aliphatic carbocycles. The van der Waals surface area contributed by atoms with Crippen molar-refractivity contribution in [1.82, 2.24) is 10.3 Å². The summed E-state index contributed by atoms with van der Waals surface area (Å²) in [6.07, 6.45) is 2.18. The lowest BCUT2D eigenvalue weighted by atomic mass is 9.63. The van der Waals surface area contributed by atoms with Crippen molar-refractivity contribution >= 4 is 16.7 Å². The van der Waals surface area contributed by atoms with E-state index in [0.29, 0.717) is 18.6 Å². The van der Waals surface area contributed by atoms with Crippen molar-refractivity contribution in [1.29, 1.82) is 0 Å². The Kier molecular flexibility index (Phi) is 4.11. The summed E-state index contributed by atoms with van der Waals surface area (Å²) in [7, 11) is 1.69. The Balaban J connectivity index is 1.69. The normalized spacial score (nSPS) is 25.9. The molecule has 4 heteroatoms. The Morgan fingerprint density at radius 1 is 1.03 bits per heavy atom. The molecule has 5 rings (SSSR count). The van der Waals surface area contributed by atoms with Crippen LogP contribution in [0, 0.1) is 5.41 Å². The molecule has 2 heterocycles. The monoisotopic (exact) mass is 388 g/mol. The third-order valence-corrected chi connectivity index (χ3v) is 6.69. The number of hydrogen-bond acceptors (Lipinski definition) is 3. The smallest absolute Gasteiger partial charge is 0.135 e. The Bertz CT molecular complexity index is 1080. The number of carbonyl (C=O) groups excluding carboxylic acids is 1. The van der Waals surface area contributed by atoms with Gasteiger partial charge in [0.25, 0.3) is 0 Å². The molecular weight excluding hydrogens is 360 g/mol. The topological polar surface area (TPSA) is 54.1 Å². The van der Waals surface area contributed by atoms with Crippen molar-refractivity contribution in [3.05, 3.63) is 65.4 Å². The lowest BCUT2D eigenvalue weighted by molar-refractivity contribution is -0.126. The molecule has 1 spiro atoms. The van der Waals surface area contributed by atoms with Crippen LogP contribution in [0.1, 0.15) is 55.8 Å². The summed E-state index contributed by atoms with van der Waals surface area (Å²) in [6, 6.07) is 16.9. The first-order chi connectivity index (χ1) is 13.9. The highest BCUT2D eigenvalue weighted by Crippen LogP contribution is 2.51. The van der Waals surface area contributed by atoms with Crippen LogP contribution in [0.25, 0.3) is 10.9 Å². The van der Waals surface area contributed by atoms with Crippen LogP contribution in [0.3, 0.4) is 0 Å². The maximum atomic E-state index is 12.7. The first kappa shape index (κ1) is 18.4. The van der Waals surface area contributed by atoms with Crippen LogP contribution in [-0.4, -0.2) is 24.4 Å². The molecule has 2 aromatic carbocycles. The molecule has 2 N–H and O–H groups in total. The number of hydrogen-bond donors (Lipinski definition) is 2. The van der Waals surface area contributed by atoms with Crippen molar-refractivity contribution < 1.29 is 9.53 Å². The van der Waals surface area contributed by atoms with E-state index >= 15 is 0 Å². The standard InChI is InChI=1S/C25H28N2O2/c1-24(2)12-17(28)13-25(15-24)23-22(19-6-4-5-7-21(19)27-23)20(14-26-25)16-8-10-18(29-3)11-9-16/h4-11,20,26-27H,12-15H2,1-3H3/t20-,25+/m1/s1. The number of nitrogens with one attached hydrogen (secondary N) is 2. The summed E-state index contributed by atoms with van der Waals surface area (Å²) in [5.41, 5.74) is 4.64. The van der Waals surface area contributed by atoms with Gasteiger partial charge in [-0.25, -0.2) is 0 Å². The largest absolute Gasteiger partial charge is 0.497 e. The molecule has 2 atom stereocenters. The Hall–Kier alpha value is -2.59. The highest BCUT2D eigenvalue weighted by Gasteiger charge is 2.49. The van der Waals surface area contributed by atoms with Crippen molar-refractivity contribution in [3.63, 3.8) is 0 Å². The number of Topliss-reactive ketones (excluding diaryl/α,β-unsaturated/α-hetero) is 1. The quantitative estimate of drug-likeness (QED) is 0.657. The van der Waals surface area contributed by atoms with Crippen molar-refractivity contribution in [2.24, 2.45) is 5.41 Å². The zero-order valence-corrected chi connectivity index (χ0v) is 17.3. The van der Waals surface area contributed by atoms with Gasteiger partial charge in [-0.2, -0.15) is 0 Å². The number of rotatable bonds is 2. The molecule has 1 aromatic heterocycles. The molecule has 2 aliphatic rings. The lowest BCUT2D eigenvalue weighted by Crippen LogP contribution is -2.55. The molecule has 0 saturated heterocycles. The van der Waals surface area contributed by atoms with Gasteiger partial charge < -0.3 is 15.0 Å². The van der Waals surface area contributed by atoms with Gasteiger partial charge in [-0.05, 0) is 41.2 Å². The number of fused-ring (bicyclic) bond motifs is 4. The minimum Gasteiger partial charge on any atom is -0.497 e. The molecule has 0 radical (unpaired) electrons. The fourth-order valence-corrected chi connectivity index (χ4v) is 5.69. The number of H-pyrrole nitrogens is 1. The van der Waals surface area contributed by atoms with Gasteiger partial charge in [0.15, 0.2) is 0 Å². The average Bonchev–Trinajstić information content (AvgIpc) is 3.08. The molecule has 29 heavy (non-hydrogen) atoms. The van der Waals surface area contributed by atoms with Crippen LogP contribution in [0.2, 0.25) is 0 Å². The molecule has 1 saturated carbocycles. The van der Waals surface area contributed by atoms with E-state index < -0.39 is 0 Å². The van der Waals surface area contributed by atoms with Crippen molar-refractivity contribution in [2.45, 2.75) is 44.6 Å². The minimum atomic E-state index is -0.309. The molecule has 4 nitrogen and oxygen atoms in total. The van der Waals surface area contributed by atoms with Crippen LogP contribution in [-0.2, 0) is 10.3 Å². The predicted molar refractivity (Wildman–Crippen MR) is 115 cm³/mol. The summed E-state index contributed by atoms with van der Waals surface area (Å²) in [5, 5.41) is 5.10. The number of carbonyl (C=O) groups is 1. The highest BCUT2D eigenvalue weighted by atomic mass is 16.5. The van der Waals surface area contributed by atoms with Gasteiger partial charge in [-0.15, -0.1) is 0 Å². The number of benzene rings is 2. The van der Waals surface area contributed by atoms with E-state index in [4.69, 9.17) is 4.74 Å². The van der Waals surface area contributed by atoms with E-state index in [2.05, 4.69) is 60.5 Å². The number of aromatic nitrogens is 1. The number of methoxy groups -OCH3 is 1. The maximum absolute atomic E-state index is 12.7. The number of aromatic amines is 1. The molecular formula is C25H28N2O2. The zero-order chi connectivity index (χ0) is 20.2. The van der Waals surface area contributed by atoms with Crippen LogP contribution >= 0.6 is 0 Å². The Labute approximate surface area is 171 Å². The summed E-state index contributed by atoms with van der Waals surface area (Å²) >= 11 is 0. The molecule has 0 unspecified atom stereocenters. The third kappa shape index (κ3) is 2.98. The zero-order valence-electron chi connectivity index (χ0n) is 17.3. The number of ether oxygens (including phenoxy) is 1. The fourth-order valence-electron chi connectivity index (χ4n) is 5.69. The SMILES string of the molecule is COc1ccc([C@H]2CN[C@]3(CC(=O)CC(C)(C)C3)c3[nH]c4ccccc4c32)cc1. The predicted octanol–water partition coefficient (Wildman–Crippen LogP) is 4.89. The summed E-state index contributed by atoms with van der Waals surface area (Å²) < 4.78 is 5.35. The number of ketones is 1. The highest BCUT2D eigenvalue weighted by molar-refractivity contribution is 5.88. The van der Waals surface area contributed by atoms with E-state index in [1.54, 1.807) is 7.11 Å². The van der Waals surface area contributed by atoms with Gasteiger partial charge in [-0.3, -0.25) is 4.79 Å². The van der Waals surface area contributed by atoms with Gasteiger partial charge in [0, 0.05) is 41.9 Å². The Morgan fingerprint density at radius 2 is 1.79 bits per heavy atom. The third-order valence-electron chi connectivity index (χ3n) is 6.69. The van der Waals surface area contributed by atoms with Crippen molar-refractivity contribution in [3.8, 4) is 5.75 Å². The van der Waals surface area contributed by atoms with E-state index in [9.17, 15) is 4.79 Å². The van der Waals surface area contributed by atoms with E-state index in [1.807, 2.05) is 12.1 Å². The second-order valence-corrected chi connectivity index (χ2v) is 9.48. The van der Waals surface area contributed by atoms with Crippen LogP contribution in [0.15, 0.2) is 48.5 Å². The summed E-state index contributed by atoms with van der Waals surface area (Å²) in [6.45, 7) is 5.25. The molecule has 0 amide bonds. The molecule has 0 bridgehead atoms. The number of para-hydroxylation sites is 1. The van der Waals surface area contributed by atoms with Gasteiger partial charge in [0.2, 0.25) is 0 Å². The Morgan fingerprint density at radius 3 is 2.52 bits per heavy atom. The van der Waals surface area contributed by atoms with E-state index in [-0.39, 0.29) is 16.9 Å². The second-order valence-electron chi connectivity index (χ2n) is 9.48. The first-order valence-electron chi connectivity index (χ1n) is 10.4. The lowest BCUT2D eigenvalue weighted by Gasteiger charge is -2.48. The van der Waals surface area contributed by atoms with Crippen molar-refractivity contribution in [2.75, 3.05) is 13.7 Å². The molecule has 1 aliphatic heterocycles. The fraction of sp³-hybridized carbons (Fsp3) is 0.400. The van der Waals surface area contributed by atoms with Crippen LogP contribution in [0.4, 0.5) is 0 Å². The second kappa shape index (κ2) is 6.46. The first-order valence-corrected chi connectivity index (χ1v) is 10.4. The van der Waals surface area contributed by atoms with Crippen LogP contribution < -0.4 is 10.1 Å². The summed E-state index contributed by atoms with van der Waals surface area (Å²) in [4.78, 5) is 16.4. The van der Waals surface area contributed by atoms with E-state index in [0.717, 1.165) is 24.2 Å².